The van der Waals surface area contributed by atoms with Crippen LogP contribution in [0.25, 0.3) is 0 Å². The summed E-state index contributed by atoms with van der Waals surface area (Å²) in [5.74, 6) is -2.35. The summed E-state index contributed by atoms with van der Waals surface area (Å²) in [7, 11) is -3.42. The summed E-state index contributed by atoms with van der Waals surface area (Å²) >= 11 is 0. The van der Waals surface area contributed by atoms with Crippen molar-refractivity contribution in [2.45, 2.75) is 30.4 Å². The van der Waals surface area contributed by atoms with E-state index in [0.717, 1.165) is 5.56 Å². The summed E-state index contributed by atoms with van der Waals surface area (Å²) < 4.78 is 24.4. The highest BCUT2D eigenvalue weighted by molar-refractivity contribution is 7.92. The Kier molecular flexibility index (Phi) is 4.62. The Labute approximate surface area is 141 Å². The zero-order valence-corrected chi connectivity index (χ0v) is 14.1. The predicted octanol–water partition coefficient (Wildman–Crippen LogP) is 1.28. The van der Waals surface area contributed by atoms with Crippen molar-refractivity contribution < 1.29 is 23.1 Å². The number of sulfone groups is 1. The minimum absolute atomic E-state index is 0.0434. The number of benzene rings is 1. The van der Waals surface area contributed by atoms with E-state index in [4.69, 9.17) is 0 Å². The van der Waals surface area contributed by atoms with Crippen molar-refractivity contribution in [3.63, 3.8) is 0 Å². The van der Waals surface area contributed by atoms with Gasteiger partial charge in [0.15, 0.2) is 9.84 Å². The number of hydrogen-bond acceptors (Lipinski definition) is 4. The Hall–Kier alpha value is -1.89. The highest BCUT2D eigenvalue weighted by Gasteiger charge is 2.45. The molecular formula is C17H21NO5S. The van der Waals surface area contributed by atoms with Crippen LogP contribution in [-0.4, -0.2) is 54.4 Å². The standard InChI is InChI=1S/C17H21NO5S/c19-16(15-8-4-5-9-24(15,22)23)18-10-13(14(11-18)17(20)21)12-6-2-1-3-7-12/h1-3,6-7,13-15H,4-5,8-11H2,(H,20,21). The minimum Gasteiger partial charge on any atom is -0.481 e. The maximum Gasteiger partial charge on any atom is 0.308 e. The summed E-state index contributed by atoms with van der Waals surface area (Å²) in [6.07, 6.45) is 1.65. The summed E-state index contributed by atoms with van der Waals surface area (Å²) in [4.78, 5) is 25.8. The molecule has 1 amide bonds. The Morgan fingerprint density at radius 1 is 1.08 bits per heavy atom. The fourth-order valence-electron chi connectivity index (χ4n) is 3.71. The van der Waals surface area contributed by atoms with Gasteiger partial charge in [0.25, 0.3) is 0 Å². The molecule has 2 aliphatic heterocycles. The average molecular weight is 351 g/mol. The SMILES string of the molecule is O=C(O)C1CN(C(=O)C2CCCCS2(=O)=O)CC1c1ccccc1. The van der Waals surface area contributed by atoms with E-state index in [1.807, 2.05) is 30.3 Å². The second-order valence-corrected chi connectivity index (χ2v) is 8.86. The number of aliphatic carboxylic acids is 1. The summed E-state index contributed by atoms with van der Waals surface area (Å²) in [6.45, 7) is 0.325. The Bertz CT molecular complexity index is 731. The Balaban J connectivity index is 1.83. The third-order valence-electron chi connectivity index (χ3n) is 5.03. The van der Waals surface area contributed by atoms with Gasteiger partial charge in [0.05, 0.1) is 11.7 Å². The van der Waals surface area contributed by atoms with Gasteiger partial charge >= 0.3 is 5.97 Å². The van der Waals surface area contributed by atoms with Gasteiger partial charge in [-0.05, 0) is 18.4 Å². The molecule has 1 aromatic carbocycles. The van der Waals surface area contributed by atoms with Crippen LogP contribution in [0.3, 0.4) is 0 Å². The molecule has 2 heterocycles. The first kappa shape index (κ1) is 17.0. The monoisotopic (exact) mass is 351 g/mol. The molecular weight excluding hydrogens is 330 g/mol. The molecule has 0 saturated carbocycles. The quantitative estimate of drug-likeness (QED) is 0.886. The number of rotatable bonds is 3. The van der Waals surface area contributed by atoms with Crippen LogP contribution in [0.4, 0.5) is 0 Å². The van der Waals surface area contributed by atoms with Gasteiger partial charge in [-0.15, -0.1) is 0 Å². The smallest absolute Gasteiger partial charge is 0.308 e. The van der Waals surface area contributed by atoms with Crippen molar-refractivity contribution in [2.24, 2.45) is 5.92 Å². The predicted molar refractivity (Wildman–Crippen MR) is 88.3 cm³/mol. The van der Waals surface area contributed by atoms with Crippen molar-refractivity contribution in [3.8, 4) is 0 Å². The second-order valence-electron chi connectivity index (χ2n) is 6.56. The van der Waals surface area contributed by atoms with Crippen LogP contribution in [-0.2, 0) is 19.4 Å². The number of hydrogen-bond donors (Lipinski definition) is 1. The molecule has 1 N–H and O–H groups in total. The largest absolute Gasteiger partial charge is 0.481 e. The van der Waals surface area contributed by atoms with Crippen LogP contribution in [0.5, 0.6) is 0 Å². The van der Waals surface area contributed by atoms with Gasteiger partial charge in [-0.2, -0.15) is 0 Å². The zero-order chi connectivity index (χ0) is 17.3. The molecule has 0 aromatic heterocycles. The lowest BCUT2D eigenvalue weighted by Crippen LogP contribution is -2.44. The van der Waals surface area contributed by atoms with Gasteiger partial charge in [0, 0.05) is 19.0 Å². The summed E-state index contributed by atoms with van der Waals surface area (Å²) in [6, 6.07) is 9.23. The van der Waals surface area contributed by atoms with E-state index < -0.39 is 32.9 Å². The molecule has 0 aliphatic carbocycles. The fraction of sp³-hybridized carbons (Fsp3) is 0.529. The molecule has 2 saturated heterocycles. The fourth-order valence-corrected chi connectivity index (χ4v) is 5.58. The molecule has 0 bridgehead atoms. The molecule has 2 aliphatic rings. The van der Waals surface area contributed by atoms with Crippen LogP contribution < -0.4 is 0 Å². The first-order valence-corrected chi connectivity index (χ1v) is 9.90. The summed E-state index contributed by atoms with van der Waals surface area (Å²) in [5.41, 5.74) is 0.867. The Morgan fingerprint density at radius 3 is 2.42 bits per heavy atom. The first-order chi connectivity index (χ1) is 11.4. The third-order valence-corrected chi connectivity index (χ3v) is 7.19. The molecule has 3 rings (SSSR count). The third kappa shape index (κ3) is 3.17. The highest BCUT2D eigenvalue weighted by atomic mass is 32.2. The summed E-state index contributed by atoms with van der Waals surface area (Å²) in [5, 5.41) is 8.50. The maximum absolute atomic E-state index is 12.7. The maximum atomic E-state index is 12.7. The lowest BCUT2D eigenvalue weighted by atomic mass is 9.89. The van der Waals surface area contributed by atoms with E-state index >= 15 is 0 Å². The normalized spacial score (nSPS) is 29.3. The number of carboxylic acids is 1. The van der Waals surface area contributed by atoms with Crippen molar-refractivity contribution in [2.75, 3.05) is 18.8 Å². The average Bonchev–Trinajstić information content (AvgIpc) is 3.00. The van der Waals surface area contributed by atoms with Crippen LogP contribution >= 0.6 is 0 Å². The number of nitrogens with zero attached hydrogens (tertiary/aromatic N) is 1. The van der Waals surface area contributed by atoms with Gasteiger partial charge in [-0.3, -0.25) is 9.59 Å². The van der Waals surface area contributed by atoms with Crippen LogP contribution in [0.15, 0.2) is 30.3 Å². The van der Waals surface area contributed by atoms with Gasteiger partial charge < -0.3 is 10.0 Å². The van der Waals surface area contributed by atoms with E-state index in [1.165, 1.54) is 4.90 Å². The van der Waals surface area contributed by atoms with Crippen molar-refractivity contribution in [1.29, 1.82) is 0 Å². The van der Waals surface area contributed by atoms with Crippen LogP contribution in [0.1, 0.15) is 30.7 Å². The van der Waals surface area contributed by atoms with E-state index in [1.54, 1.807) is 0 Å². The number of carbonyl (C=O) groups is 2. The highest BCUT2D eigenvalue weighted by Crippen LogP contribution is 2.34. The molecule has 24 heavy (non-hydrogen) atoms. The molecule has 0 radical (unpaired) electrons. The molecule has 6 nitrogen and oxygen atoms in total. The molecule has 130 valence electrons. The van der Waals surface area contributed by atoms with E-state index in [-0.39, 0.29) is 24.8 Å². The minimum atomic E-state index is -3.42. The van der Waals surface area contributed by atoms with Crippen molar-refractivity contribution >= 4 is 21.7 Å². The van der Waals surface area contributed by atoms with E-state index in [0.29, 0.717) is 19.3 Å². The molecule has 7 heteroatoms. The zero-order valence-electron chi connectivity index (χ0n) is 13.3. The lowest BCUT2D eigenvalue weighted by Gasteiger charge is -2.26. The second kappa shape index (κ2) is 6.55. The molecule has 2 fully saturated rings. The topological polar surface area (TPSA) is 91.8 Å². The molecule has 3 atom stereocenters. The van der Waals surface area contributed by atoms with E-state index in [2.05, 4.69) is 0 Å². The van der Waals surface area contributed by atoms with Crippen LogP contribution in [0, 0.1) is 5.92 Å². The van der Waals surface area contributed by atoms with Crippen molar-refractivity contribution in [1.82, 2.24) is 4.90 Å². The first-order valence-electron chi connectivity index (χ1n) is 8.18. The van der Waals surface area contributed by atoms with Gasteiger partial charge in [0.2, 0.25) is 5.91 Å². The number of likely N-dealkylation sites (tertiary alicyclic amines) is 1. The number of amides is 1. The van der Waals surface area contributed by atoms with Gasteiger partial charge in [0.1, 0.15) is 5.25 Å². The molecule has 0 spiro atoms. The van der Waals surface area contributed by atoms with Gasteiger partial charge in [-0.1, -0.05) is 36.8 Å². The molecule has 1 aromatic rings. The van der Waals surface area contributed by atoms with Gasteiger partial charge in [-0.25, -0.2) is 8.42 Å². The number of carbonyl (C=O) groups excluding carboxylic acids is 1. The van der Waals surface area contributed by atoms with Crippen molar-refractivity contribution in [3.05, 3.63) is 35.9 Å². The molecule has 3 unspecified atom stereocenters. The number of carboxylic acid groups (broad SMARTS) is 1. The Morgan fingerprint density at radius 2 is 1.79 bits per heavy atom. The van der Waals surface area contributed by atoms with E-state index in [9.17, 15) is 23.1 Å². The lowest BCUT2D eigenvalue weighted by molar-refractivity contribution is -0.141. The van der Waals surface area contributed by atoms with Crippen LogP contribution in [0.2, 0.25) is 0 Å².